The summed E-state index contributed by atoms with van der Waals surface area (Å²) in [5, 5.41) is 3.63. The lowest BCUT2D eigenvalue weighted by Crippen LogP contribution is -2.46. The van der Waals surface area contributed by atoms with E-state index in [1.807, 2.05) is 0 Å². The molecule has 1 saturated carbocycles. The molecular formula is C13H26N2O. The first-order chi connectivity index (χ1) is 7.72. The van der Waals surface area contributed by atoms with E-state index < -0.39 is 0 Å². The summed E-state index contributed by atoms with van der Waals surface area (Å²) in [6.45, 7) is 7.61. The van der Waals surface area contributed by atoms with Crippen molar-refractivity contribution in [2.45, 2.75) is 51.3 Å². The van der Waals surface area contributed by atoms with Gasteiger partial charge >= 0.3 is 0 Å². The molecular weight excluding hydrogens is 200 g/mol. The van der Waals surface area contributed by atoms with Crippen LogP contribution in [0.15, 0.2) is 0 Å². The van der Waals surface area contributed by atoms with Gasteiger partial charge in [-0.15, -0.1) is 0 Å². The van der Waals surface area contributed by atoms with Gasteiger partial charge < -0.3 is 10.1 Å². The molecule has 0 bridgehead atoms. The van der Waals surface area contributed by atoms with Crippen LogP contribution in [0.5, 0.6) is 0 Å². The monoisotopic (exact) mass is 226 g/mol. The summed E-state index contributed by atoms with van der Waals surface area (Å²) >= 11 is 0. The summed E-state index contributed by atoms with van der Waals surface area (Å²) in [6.07, 6.45) is 4.44. The van der Waals surface area contributed by atoms with Crippen LogP contribution in [0.1, 0.15) is 33.1 Å². The molecule has 16 heavy (non-hydrogen) atoms. The molecule has 0 aromatic rings. The lowest BCUT2D eigenvalue weighted by atomic mass is 10.1. The fraction of sp³-hybridized carbons (Fsp3) is 1.00. The highest BCUT2D eigenvalue weighted by molar-refractivity contribution is 4.90. The van der Waals surface area contributed by atoms with Gasteiger partial charge in [0.2, 0.25) is 0 Å². The predicted octanol–water partition coefficient (Wildman–Crippen LogP) is 1.48. The summed E-state index contributed by atoms with van der Waals surface area (Å²) in [6, 6.07) is 1.32. The Kier molecular flexibility index (Phi) is 4.22. The van der Waals surface area contributed by atoms with Gasteiger partial charge in [0.1, 0.15) is 0 Å². The van der Waals surface area contributed by atoms with Crippen LogP contribution in [0, 0.1) is 5.92 Å². The lowest BCUT2D eigenvalue weighted by Gasteiger charge is -2.30. The molecule has 3 atom stereocenters. The molecule has 2 rings (SSSR count). The lowest BCUT2D eigenvalue weighted by molar-refractivity contribution is 0.0794. The molecule has 2 fully saturated rings. The summed E-state index contributed by atoms with van der Waals surface area (Å²) < 4.78 is 5.64. The first-order valence-corrected chi connectivity index (χ1v) is 6.77. The van der Waals surface area contributed by atoms with Crippen molar-refractivity contribution in [3.63, 3.8) is 0 Å². The zero-order valence-corrected chi connectivity index (χ0v) is 10.9. The van der Waals surface area contributed by atoms with Gasteiger partial charge in [0, 0.05) is 25.2 Å². The van der Waals surface area contributed by atoms with E-state index in [1.54, 1.807) is 0 Å². The molecule has 2 aliphatic rings. The maximum Gasteiger partial charge on any atom is 0.0702 e. The molecule has 0 radical (unpaired) electrons. The number of rotatable bonds is 6. The van der Waals surface area contributed by atoms with Gasteiger partial charge in [0.15, 0.2) is 0 Å². The van der Waals surface area contributed by atoms with Crippen molar-refractivity contribution >= 4 is 0 Å². The van der Waals surface area contributed by atoms with Crippen LogP contribution in [0.2, 0.25) is 0 Å². The van der Waals surface area contributed by atoms with Crippen molar-refractivity contribution in [3.05, 3.63) is 0 Å². The Balaban J connectivity index is 1.81. The molecule has 3 heteroatoms. The van der Waals surface area contributed by atoms with Gasteiger partial charge in [0.25, 0.3) is 0 Å². The van der Waals surface area contributed by atoms with Crippen molar-refractivity contribution < 1.29 is 4.74 Å². The van der Waals surface area contributed by atoms with E-state index in [4.69, 9.17) is 4.74 Å². The van der Waals surface area contributed by atoms with Gasteiger partial charge in [-0.3, -0.25) is 4.90 Å². The number of likely N-dealkylation sites (N-methyl/N-ethyl adjacent to an activating group) is 2. The van der Waals surface area contributed by atoms with E-state index in [9.17, 15) is 0 Å². The molecule has 1 saturated heterocycles. The van der Waals surface area contributed by atoms with E-state index in [0.29, 0.717) is 18.2 Å². The van der Waals surface area contributed by atoms with Gasteiger partial charge in [-0.1, -0.05) is 6.92 Å². The molecule has 1 heterocycles. The highest BCUT2D eigenvalue weighted by Gasteiger charge is 2.34. The topological polar surface area (TPSA) is 24.5 Å². The molecule has 3 nitrogen and oxygen atoms in total. The highest BCUT2D eigenvalue weighted by Crippen LogP contribution is 2.33. The molecule has 3 unspecified atom stereocenters. The molecule has 1 aliphatic carbocycles. The van der Waals surface area contributed by atoms with Gasteiger partial charge in [-0.25, -0.2) is 0 Å². The SMILES string of the molecule is CCNC(CN(C)C1CCOC1C)C1CC1. The molecule has 94 valence electrons. The minimum Gasteiger partial charge on any atom is -0.377 e. The van der Waals surface area contributed by atoms with Crippen molar-refractivity contribution in [2.24, 2.45) is 5.92 Å². The van der Waals surface area contributed by atoms with E-state index in [0.717, 1.165) is 19.1 Å². The smallest absolute Gasteiger partial charge is 0.0702 e. The highest BCUT2D eigenvalue weighted by atomic mass is 16.5. The number of hydrogen-bond acceptors (Lipinski definition) is 3. The van der Waals surface area contributed by atoms with Crippen LogP contribution < -0.4 is 5.32 Å². The Morgan fingerprint density at radius 2 is 2.12 bits per heavy atom. The van der Waals surface area contributed by atoms with E-state index in [-0.39, 0.29) is 0 Å². The summed E-state index contributed by atoms with van der Waals surface area (Å²) in [4.78, 5) is 2.50. The van der Waals surface area contributed by atoms with E-state index >= 15 is 0 Å². The normalized spacial score (nSPS) is 32.2. The minimum atomic E-state index is 0.409. The average molecular weight is 226 g/mol. The van der Waals surface area contributed by atoms with Crippen LogP contribution in [0.25, 0.3) is 0 Å². The quantitative estimate of drug-likeness (QED) is 0.742. The Labute approximate surface area is 99.5 Å². The molecule has 0 aromatic heterocycles. The van der Waals surface area contributed by atoms with Crippen LogP contribution in [0.4, 0.5) is 0 Å². The molecule has 1 N–H and O–H groups in total. The average Bonchev–Trinajstić information content (AvgIpc) is 3.00. The maximum absolute atomic E-state index is 5.64. The fourth-order valence-corrected chi connectivity index (χ4v) is 2.89. The third kappa shape index (κ3) is 2.96. The number of hydrogen-bond donors (Lipinski definition) is 1. The zero-order valence-electron chi connectivity index (χ0n) is 10.9. The summed E-state index contributed by atoms with van der Waals surface area (Å²) in [5.74, 6) is 0.931. The third-order valence-electron chi connectivity index (χ3n) is 4.04. The van der Waals surface area contributed by atoms with Gasteiger partial charge in [0.05, 0.1) is 6.10 Å². The minimum absolute atomic E-state index is 0.409. The largest absolute Gasteiger partial charge is 0.377 e. The van der Waals surface area contributed by atoms with E-state index in [2.05, 4.69) is 31.1 Å². The van der Waals surface area contributed by atoms with Crippen molar-refractivity contribution in [1.82, 2.24) is 10.2 Å². The first-order valence-electron chi connectivity index (χ1n) is 6.77. The molecule has 1 aliphatic heterocycles. The van der Waals surface area contributed by atoms with Crippen molar-refractivity contribution in [3.8, 4) is 0 Å². The predicted molar refractivity (Wildman–Crippen MR) is 66.6 cm³/mol. The zero-order chi connectivity index (χ0) is 11.5. The van der Waals surface area contributed by atoms with Crippen LogP contribution in [-0.2, 0) is 4.74 Å². The summed E-state index contributed by atoms with van der Waals surface area (Å²) in [7, 11) is 2.25. The van der Waals surface area contributed by atoms with Crippen molar-refractivity contribution in [1.29, 1.82) is 0 Å². The summed E-state index contributed by atoms with van der Waals surface area (Å²) in [5.41, 5.74) is 0. The van der Waals surface area contributed by atoms with Crippen LogP contribution in [0.3, 0.4) is 0 Å². The molecule has 0 amide bonds. The molecule has 0 aromatic carbocycles. The second-order valence-corrected chi connectivity index (χ2v) is 5.37. The number of ether oxygens (including phenoxy) is 1. The second-order valence-electron chi connectivity index (χ2n) is 5.37. The third-order valence-corrected chi connectivity index (χ3v) is 4.04. The van der Waals surface area contributed by atoms with E-state index in [1.165, 1.54) is 25.8 Å². The Morgan fingerprint density at radius 3 is 2.62 bits per heavy atom. The Bertz CT molecular complexity index is 218. The molecule has 0 spiro atoms. The second kappa shape index (κ2) is 5.48. The maximum atomic E-state index is 5.64. The Hall–Kier alpha value is -0.120. The Morgan fingerprint density at radius 1 is 1.38 bits per heavy atom. The van der Waals surface area contributed by atoms with Crippen molar-refractivity contribution in [2.75, 3.05) is 26.7 Å². The van der Waals surface area contributed by atoms with Crippen LogP contribution >= 0.6 is 0 Å². The fourth-order valence-electron chi connectivity index (χ4n) is 2.89. The number of nitrogens with one attached hydrogen (secondary N) is 1. The first kappa shape index (κ1) is 12.3. The van der Waals surface area contributed by atoms with Crippen LogP contribution in [-0.4, -0.2) is 49.8 Å². The van der Waals surface area contributed by atoms with Gasteiger partial charge in [-0.05, 0) is 45.7 Å². The number of nitrogens with zero attached hydrogens (tertiary/aromatic N) is 1. The van der Waals surface area contributed by atoms with Gasteiger partial charge in [-0.2, -0.15) is 0 Å². The standard InChI is InChI=1S/C13H26N2O/c1-4-14-12(11-5-6-11)9-15(3)13-7-8-16-10(13)2/h10-14H,4-9H2,1-3H3.